The van der Waals surface area contributed by atoms with Gasteiger partial charge in [0.25, 0.3) is 0 Å². The van der Waals surface area contributed by atoms with Gasteiger partial charge in [-0.05, 0) is 12.0 Å². The van der Waals surface area contributed by atoms with Gasteiger partial charge in [0, 0.05) is 11.8 Å². The van der Waals surface area contributed by atoms with Crippen LogP contribution in [0.2, 0.25) is 0 Å². The van der Waals surface area contributed by atoms with Crippen molar-refractivity contribution in [1.29, 1.82) is 0 Å². The number of aryl methyl sites for hydroxylation is 1. The van der Waals surface area contributed by atoms with E-state index in [1.54, 1.807) is 0 Å². The van der Waals surface area contributed by atoms with Crippen molar-refractivity contribution >= 4 is 17.6 Å². The van der Waals surface area contributed by atoms with Gasteiger partial charge in [0.05, 0.1) is 0 Å². The Hall–Kier alpha value is -1.75. The normalized spacial score (nSPS) is 10.4. The van der Waals surface area contributed by atoms with E-state index < -0.39 is 0 Å². The molecule has 0 aliphatic carbocycles. The molecule has 0 saturated carbocycles. The lowest BCUT2D eigenvalue weighted by molar-refractivity contribution is 0.446. The highest BCUT2D eigenvalue weighted by molar-refractivity contribution is 7.99. The van der Waals surface area contributed by atoms with Crippen molar-refractivity contribution in [2.24, 2.45) is 0 Å². The van der Waals surface area contributed by atoms with Crippen molar-refractivity contribution in [3.63, 3.8) is 0 Å². The number of hydrogen-bond acceptors (Lipinski definition) is 5. The molecule has 0 spiro atoms. The van der Waals surface area contributed by atoms with Gasteiger partial charge in [0.15, 0.2) is 5.16 Å². The van der Waals surface area contributed by atoms with E-state index in [2.05, 4.69) is 22.1 Å². The molecule has 3 N–H and O–H groups in total. The summed E-state index contributed by atoms with van der Waals surface area (Å²) in [5, 5.41) is 9.78. The minimum atomic E-state index is -0.0836. The zero-order valence-corrected chi connectivity index (χ0v) is 10.0. The van der Waals surface area contributed by atoms with Crippen LogP contribution in [0, 0.1) is 0 Å². The van der Waals surface area contributed by atoms with Crippen molar-refractivity contribution in [1.82, 2.24) is 9.97 Å². The fourth-order valence-electron chi connectivity index (χ4n) is 1.40. The highest BCUT2D eigenvalue weighted by atomic mass is 32.2. The molecule has 0 unspecified atom stereocenters. The molecule has 0 fully saturated rings. The van der Waals surface area contributed by atoms with Gasteiger partial charge in [-0.3, -0.25) is 0 Å². The van der Waals surface area contributed by atoms with E-state index in [9.17, 15) is 5.11 Å². The number of nitrogen functional groups attached to an aromatic ring is 1. The molecule has 5 heteroatoms. The third kappa shape index (κ3) is 3.64. The Labute approximate surface area is 104 Å². The molecule has 0 aliphatic rings. The molecule has 0 saturated heterocycles. The summed E-state index contributed by atoms with van der Waals surface area (Å²) in [4.78, 5) is 7.93. The quantitative estimate of drug-likeness (QED) is 0.639. The zero-order valence-electron chi connectivity index (χ0n) is 9.21. The predicted octanol–water partition coefficient (Wildman–Crippen LogP) is 2.10. The maximum atomic E-state index is 9.27. The van der Waals surface area contributed by atoms with Crippen LogP contribution in [-0.2, 0) is 6.42 Å². The van der Waals surface area contributed by atoms with Gasteiger partial charge in [0.2, 0.25) is 5.88 Å². The lowest BCUT2D eigenvalue weighted by atomic mass is 10.2. The summed E-state index contributed by atoms with van der Waals surface area (Å²) in [5.41, 5.74) is 6.79. The standard InChI is InChI=1S/C12H13N3OS/c13-10-8-11(16)15-12(14-10)17-7-6-9-4-2-1-3-5-9/h1-5,8H,6-7H2,(H3,13,14,15,16). The number of nitrogens with two attached hydrogens (primary N) is 1. The molecule has 0 radical (unpaired) electrons. The molecule has 0 bridgehead atoms. The van der Waals surface area contributed by atoms with Crippen LogP contribution in [0.1, 0.15) is 5.56 Å². The molecule has 4 nitrogen and oxygen atoms in total. The number of nitrogens with zero attached hydrogens (tertiary/aromatic N) is 2. The van der Waals surface area contributed by atoms with Gasteiger partial charge in [0.1, 0.15) is 5.82 Å². The first kappa shape index (κ1) is 11.7. The molecule has 17 heavy (non-hydrogen) atoms. The van der Waals surface area contributed by atoms with Crippen LogP contribution in [0.3, 0.4) is 0 Å². The lowest BCUT2D eigenvalue weighted by Gasteiger charge is -2.02. The van der Waals surface area contributed by atoms with E-state index in [1.807, 2.05) is 18.2 Å². The lowest BCUT2D eigenvalue weighted by Crippen LogP contribution is -1.96. The van der Waals surface area contributed by atoms with E-state index in [0.29, 0.717) is 11.0 Å². The van der Waals surface area contributed by atoms with Crippen molar-refractivity contribution in [3.8, 4) is 5.88 Å². The Morgan fingerprint density at radius 3 is 2.65 bits per heavy atom. The van der Waals surface area contributed by atoms with E-state index in [1.165, 1.54) is 23.4 Å². The van der Waals surface area contributed by atoms with Crippen molar-refractivity contribution in [2.45, 2.75) is 11.6 Å². The number of aromatic hydroxyl groups is 1. The molecular weight excluding hydrogens is 234 g/mol. The monoisotopic (exact) mass is 247 g/mol. The highest BCUT2D eigenvalue weighted by Gasteiger charge is 2.02. The van der Waals surface area contributed by atoms with Crippen LogP contribution < -0.4 is 5.73 Å². The summed E-state index contributed by atoms with van der Waals surface area (Å²) < 4.78 is 0. The second-order valence-electron chi connectivity index (χ2n) is 3.52. The van der Waals surface area contributed by atoms with E-state index in [4.69, 9.17) is 5.73 Å². The molecule has 1 aromatic heterocycles. The summed E-state index contributed by atoms with van der Waals surface area (Å²) in [6.45, 7) is 0. The molecule has 0 amide bonds. The highest BCUT2D eigenvalue weighted by Crippen LogP contribution is 2.19. The molecule has 88 valence electrons. The molecule has 2 rings (SSSR count). The predicted molar refractivity (Wildman–Crippen MR) is 69.0 cm³/mol. The van der Waals surface area contributed by atoms with Gasteiger partial charge in [-0.1, -0.05) is 42.1 Å². The fourth-order valence-corrected chi connectivity index (χ4v) is 2.25. The Morgan fingerprint density at radius 2 is 1.94 bits per heavy atom. The van der Waals surface area contributed by atoms with E-state index >= 15 is 0 Å². The zero-order chi connectivity index (χ0) is 12.1. The van der Waals surface area contributed by atoms with Gasteiger partial charge < -0.3 is 10.8 Å². The third-order valence-corrected chi connectivity index (χ3v) is 3.03. The van der Waals surface area contributed by atoms with Gasteiger partial charge in [-0.15, -0.1) is 0 Å². The average Bonchev–Trinajstić information content (AvgIpc) is 2.29. The number of anilines is 1. The first-order chi connectivity index (χ1) is 8.24. The van der Waals surface area contributed by atoms with Crippen molar-refractivity contribution in [3.05, 3.63) is 42.0 Å². The van der Waals surface area contributed by atoms with E-state index in [0.717, 1.165) is 12.2 Å². The number of thioether (sulfide) groups is 1. The molecule has 0 aliphatic heterocycles. The molecular formula is C12H13N3OS. The fraction of sp³-hybridized carbons (Fsp3) is 0.167. The topological polar surface area (TPSA) is 72.0 Å². The molecule has 2 aromatic rings. The maximum Gasteiger partial charge on any atom is 0.216 e. The molecule has 1 aromatic carbocycles. The Bertz CT molecular complexity index is 470. The van der Waals surface area contributed by atoms with Gasteiger partial charge in [-0.2, -0.15) is 4.98 Å². The number of aromatic nitrogens is 2. The smallest absolute Gasteiger partial charge is 0.216 e. The Balaban J connectivity index is 1.90. The summed E-state index contributed by atoms with van der Waals surface area (Å²) >= 11 is 1.48. The summed E-state index contributed by atoms with van der Waals surface area (Å²) in [6, 6.07) is 11.5. The SMILES string of the molecule is Nc1cc(O)nc(SCCc2ccccc2)n1. The first-order valence-corrected chi connectivity index (χ1v) is 6.23. The maximum absolute atomic E-state index is 9.27. The second kappa shape index (κ2) is 5.54. The molecule has 1 heterocycles. The first-order valence-electron chi connectivity index (χ1n) is 5.24. The van der Waals surface area contributed by atoms with Crippen LogP contribution >= 0.6 is 11.8 Å². The minimum Gasteiger partial charge on any atom is -0.493 e. The van der Waals surface area contributed by atoms with Gasteiger partial charge >= 0.3 is 0 Å². The third-order valence-electron chi connectivity index (χ3n) is 2.18. The Kier molecular flexibility index (Phi) is 3.82. The molecule has 0 atom stereocenters. The summed E-state index contributed by atoms with van der Waals surface area (Å²) in [5.74, 6) is 1.06. The largest absolute Gasteiger partial charge is 0.493 e. The summed E-state index contributed by atoms with van der Waals surface area (Å²) in [6.07, 6.45) is 0.935. The Morgan fingerprint density at radius 1 is 1.18 bits per heavy atom. The van der Waals surface area contributed by atoms with Crippen LogP contribution in [0.4, 0.5) is 5.82 Å². The van der Waals surface area contributed by atoms with Gasteiger partial charge in [-0.25, -0.2) is 4.98 Å². The van der Waals surface area contributed by atoms with Crippen molar-refractivity contribution in [2.75, 3.05) is 11.5 Å². The number of rotatable bonds is 4. The second-order valence-corrected chi connectivity index (χ2v) is 4.58. The average molecular weight is 247 g/mol. The summed E-state index contributed by atoms with van der Waals surface area (Å²) in [7, 11) is 0. The number of hydrogen-bond donors (Lipinski definition) is 2. The van der Waals surface area contributed by atoms with Crippen LogP contribution in [0.5, 0.6) is 5.88 Å². The van der Waals surface area contributed by atoms with E-state index in [-0.39, 0.29) is 5.88 Å². The minimum absolute atomic E-state index is 0.0836. The van der Waals surface area contributed by atoms with Crippen molar-refractivity contribution < 1.29 is 5.11 Å². The van der Waals surface area contributed by atoms with Crippen LogP contribution in [0.25, 0.3) is 0 Å². The van der Waals surface area contributed by atoms with Crippen LogP contribution in [0.15, 0.2) is 41.6 Å². The van der Waals surface area contributed by atoms with Crippen LogP contribution in [-0.4, -0.2) is 20.8 Å². The number of benzene rings is 1.